The first kappa shape index (κ1) is 15.2. The van der Waals surface area contributed by atoms with Crippen LogP contribution in [0.25, 0.3) is 0 Å². The number of amides is 1. The number of rotatable bonds is 4. The SMILES string of the molecule is Cc1ccc(NC(=O)c2ccc(Cn3cncn3)cc2)cc1Cl. The van der Waals surface area contributed by atoms with Crippen LogP contribution in [0.3, 0.4) is 0 Å². The fourth-order valence-electron chi connectivity index (χ4n) is 2.14. The van der Waals surface area contributed by atoms with E-state index >= 15 is 0 Å². The third-order valence-electron chi connectivity index (χ3n) is 3.46. The van der Waals surface area contributed by atoms with Crippen LogP contribution in [-0.2, 0) is 6.54 Å². The Morgan fingerprint density at radius 2 is 2.00 bits per heavy atom. The largest absolute Gasteiger partial charge is 0.322 e. The number of carbonyl (C=O) groups is 1. The van der Waals surface area contributed by atoms with Crippen LogP contribution in [0.15, 0.2) is 55.1 Å². The standard InChI is InChI=1S/C17H15ClN4O/c1-12-2-7-15(8-16(12)18)21-17(23)14-5-3-13(4-6-14)9-22-11-19-10-20-22/h2-8,10-11H,9H2,1H3,(H,21,23). The van der Waals surface area contributed by atoms with E-state index in [0.717, 1.165) is 11.1 Å². The molecule has 116 valence electrons. The molecule has 23 heavy (non-hydrogen) atoms. The van der Waals surface area contributed by atoms with Gasteiger partial charge in [0.1, 0.15) is 12.7 Å². The fourth-order valence-corrected chi connectivity index (χ4v) is 2.32. The second-order valence-electron chi connectivity index (χ2n) is 5.21. The summed E-state index contributed by atoms with van der Waals surface area (Å²) in [6, 6.07) is 12.8. The molecule has 0 spiro atoms. The third kappa shape index (κ3) is 3.76. The van der Waals surface area contributed by atoms with E-state index in [1.165, 1.54) is 6.33 Å². The first-order chi connectivity index (χ1) is 11.1. The van der Waals surface area contributed by atoms with Gasteiger partial charge in [0.05, 0.1) is 6.54 Å². The fraction of sp³-hybridized carbons (Fsp3) is 0.118. The maximum absolute atomic E-state index is 12.3. The third-order valence-corrected chi connectivity index (χ3v) is 3.86. The zero-order valence-electron chi connectivity index (χ0n) is 12.5. The maximum atomic E-state index is 12.3. The smallest absolute Gasteiger partial charge is 0.255 e. The number of anilines is 1. The van der Waals surface area contributed by atoms with Crippen molar-refractivity contribution in [3.8, 4) is 0 Å². The first-order valence-corrected chi connectivity index (χ1v) is 7.48. The highest BCUT2D eigenvalue weighted by atomic mass is 35.5. The van der Waals surface area contributed by atoms with Gasteiger partial charge in [0.25, 0.3) is 5.91 Å². The predicted molar refractivity (Wildman–Crippen MR) is 89.7 cm³/mol. The van der Waals surface area contributed by atoms with Gasteiger partial charge in [0, 0.05) is 16.3 Å². The average molecular weight is 327 g/mol. The summed E-state index contributed by atoms with van der Waals surface area (Å²) in [5.41, 5.74) is 3.29. The number of halogens is 1. The lowest BCUT2D eigenvalue weighted by atomic mass is 10.1. The Kier molecular flexibility index (Phi) is 4.39. The Bertz CT molecular complexity index is 813. The predicted octanol–water partition coefficient (Wildman–Crippen LogP) is 3.54. The van der Waals surface area contributed by atoms with Crippen molar-refractivity contribution in [1.82, 2.24) is 14.8 Å². The second kappa shape index (κ2) is 6.62. The van der Waals surface area contributed by atoms with Crippen LogP contribution in [0.5, 0.6) is 0 Å². The molecular formula is C17H15ClN4O. The average Bonchev–Trinajstić information content (AvgIpc) is 3.04. The van der Waals surface area contributed by atoms with Crippen molar-refractivity contribution in [2.24, 2.45) is 0 Å². The van der Waals surface area contributed by atoms with Gasteiger partial charge in [0.15, 0.2) is 0 Å². The number of hydrogen-bond acceptors (Lipinski definition) is 3. The van der Waals surface area contributed by atoms with Gasteiger partial charge < -0.3 is 5.32 Å². The molecule has 0 saturated carbocycles. The summed E-state index contributed by atoms with van der Waals surface area (Å²) in [5, 5.41) is 7.52. The number of hydrogen-bond donors (Lipinski definition) is 1. The molecule has 0 saturated heterocycles. The number of aromatic nitrogens is 3. The Morgan fingerprint density at radius 3 is 2.65 bits per heavy atom. The molecule has 3 rings (SSSR count). The van der Waals surface area contributed by atoms with Crippen molar-refractivity contribution >= 4 is 23.2 Å². The summed E-state index contributed by atoms with van der Waals surface area (Å²) in [5.74, 6) is -0.169. The Labute approximate surface area is 138 Å². The van der Waals surface area contributed by atoms with Crippen molar-refractivity contribution < 1.29 is 4.79 Å². The number of carbonyl (C=O) groups excluding carboxylic acids is 1. The molecule has 0 atom stereocenters. The summed E-state index contributed by atoms with van der Waals surface area (Å²) in [6.45, 7) is 2.54. The molecule has 2 aromatic carbocycles. The molecule has 3 aromatic rings. The normalized spacial score (nSPS) is 10.5. The van der Waals surface area contributed by atoms with Gasteiger partial charge in [-0.25, -0.2) is 9.67 Å². The molecule has 5 nitrogen and oxygen atoms in total. The molecule has 0 fully saturated rings. The Hall–Kier alpha value is -2.66. The molecule has 1 amide bonds. The van der Waals surface area contributed by atoms with E-state index in [2.05, 4.69) is 15.4 Å². The van der Waals surface area contributed by atoms with Gasteiger partial charge >= 0.3 is 0 Å². The van der Waals surface area contributed by atoms with Gasteiger partial charge in [-0.3, -0.25) is 4.79 Å². The van der Waals surface area contributed by atoms with Gasteiger partial charge in [0.2, 0.25) is 0 Å². The number of aryl methyl sites for hydroxylation is 1. The van der Waals surface area contributed by atoms with Crippen LogP contribution >= 0.6 is 11.6 Å². The lowest BCUT2D eigenvalue weighted by Gasteiger charge is -2.08. The minimum Gasteiger partial charge on any atom is -0.322 e. The van der Waals surface area contributed by atoms with Gasteiger partial charge in [-0.1, -0.05) is 29.8 Å². The van der Waals surface area contributed by atoms with E-state index in [1.807, 2.05) is 31.2 Å². The second-order valence-corrected chi connectivity index (χ2v) is 5.62. The monoisotopic (exact) mass is 326 g/mol. The summed E-state index contributed by atoms with van der Waals surface area (Å²) >= 11 is 6.07. The van der Waals surface area contributed by atoms with Crippen molar-refractivity contribution in [2.75, 3.05) is 5.32 Å². The van der Waals surface area contributed by atoms with Crippen LogP contribution < -0.4 is 5.32 Å². The van der Waals surface area contributed by atoms with Gasteiger partial charge in [-0.15, -0.1) is 0 Å². The highest BCUT2D eigenvalue weighted by Gasteiger charge is 2.07. The molecule has 6 heteroatoms. The number of benzene rings is 2. The topological polar surface area (TPSA) is 59.8 Å². The van der Waals surface area contributed by atoms with E-state index in [1.54, 1.807) is 29.2 Å². The lowest BCUT2D eigenvalue weighted by molar-refractivity contribution is 0.102. The highest BCUT2D eigenvalue weighted by molar-refractivity contribution is 6.31. The highest BCUT2D eigenvalue weighted by Crippen LogP contribution is 2.20. The van der Waals surface area contributed by atoms with Crippen LogP contribution in [0, 0.1) is 6.92 Å². The molecule has 0 unspecified atom stereocenters. The molecule has 0 aliphatic rings. The van der Waals surface area contributed by atoms with E-state index < -0.39 is 0 Å². The Balaban J connectivity index is 1.68. The van der Waals surface area contributed by atoms with E-state index in [0.29, 0.717) is 22.8 Å². The van der Waals surface area contributed by atoms with Crippen LogP contribution in [0.2, 0.25) is 5.02 Å². The molecule has 0 aliphatic heterocycles. The molecule has 1 aromatic heterocycles. The lowest BCUT2D eigenvalue weighted by Crippen LogP contribution is -2.12. The van der Waals surface area contributed by atoms with E-state index in [-0.39, 0.29) is 5.91 Å². The summed E-state index contributed by atoms with van der Waals surface area (Å²) in [4.78, 5) is 16.2. The van der Waals surface area contributed by atoms with Gasteiger partial charge in [-0.2, -0.15) is 5.10 Å². The van der Waals surface area contributed by atoms with Crippen molar-refractivity contribution in [3.05, 3.63) is 76.8 Å². The van der Waals surface area contributed by atoms with Gasteiger partial charge in [-0.05, 0) is 42.3 Å². The first-order valence-electron chi connectivity index (χ1n) is 7.11. The zero-order chi connectivity index (χ0) is 16.2. The van der Waals surface area contributed by atoms with E-state index in [9.17, 15) is 4.79 Å². The Morgan fingerprint density at radius 1 is 1.22 bits per heavy atom. The molecule has 0 bridgehead atoms. The minimum absolute atomic E-state index is 0.169. The van der Waals surface area contributed by atoms with Crippen LogP contribution in [0.4, 0.5) is 5.69 Å². The maximum Gasteiger partial charge on any atom is 0.255 e. The van der Waals surface area contributed by atoms with Crippen LogP contribution in [0.1, 0.15) is 21.5 Å². The summed E-state index contributed by atoms with van der Waals surface area (Å²) < 4.78 is 1.73. The molecule has 0 radical (unpaired) electrons. The molecular weight excluding hydrogens is 312 g/mol. The molecule has 1 N–H and O–H groups in total. The zero-order valence-corrected chi connectivity index (χ0v) is 13.3. The molecule has 1 heterocycles. The summed E-state index contributed by atoms with van der Waals surface area (Å²) in [7, 11) is 0. The van der Waals surface area contributed by atoms with Crippen molar-refractivity contribution in [2.45, 2.75) is 13.5 Å². The number of nitrogens with zero attached hydrogens (tertiary/aromatic N) is 3. The van der Waals surface area contributed by atoms with E-state index in [4.69, 9.17) is 11.6 Å². The molecule has 0 aliphatic carbocycles. The number of nitrogens with one attached hydrogen (secondary N) is 1. The van der Waals surface area contributed by atoms with Crippen molar-refractivity contribution in [1.29, 1.82) is 0 Å². The minimum atomic E-state index is -0.169. The quantitative estimate of drug-likeness (QED) is 0.797. The van der Waals surface area contributed by atoms with Crippen LogP contribution in [-0.4, -0.2) is 20.7 Å². The van der Waals surface area contributed by atoms with Crippen molar-refractivity contribution in [3.63, 3.8) is 0 Å². The summed E-state index contributed by atoms with van der Waals surface area (Å²) in [6.07, 6.45) is 3.15.